The topological polar surface area (TPSA) is 202 Å². The molecule has 0 radical (unpaired) electrons. The lowest BCUT2D eigenvalue weighted by molar-refractivity contribution is -0.137. The predicted octanol–water partition coefficient (Wildman–Crippen LogP) is 6.59. The van der Waals surface area contributed by atoms with Gasteiger partial charge >= 0.3 is 12.2 Å². The van der Waals surface area contributed by atoms with Crippen LogP contribution in [0.15, 0.2) is 67.0 Å². The summed E-state index contributed by atoms with van der Waals surface area (Å²) in [6.45, 7) is 7.57. The molecular weight excluding hydrogens is 821 g/mol. The fraction of sp³-hybridized carbons (Fsp3) is 0.404. The summed E-state index contributed by atoms with van der Waals surface area (Å²) in [4.78, 5) is 72.7. The second-order valence-corrected chi connectivity index (χ2v) is 17.2. The maximum absolute atomic E-state index is 14.2. The zero-order valence-corrected chi connectivity index (χ0v) is 36.6. The van der Waals surface area contributed by atoms with Gasteiger partial charge in [0.1, 0.15) is 48.4 Å². The lowest BCUT2D eigenvalue weighted by Crippen LogP contribution is -2.54. The van der Waals surface area contributed by atoms with Gasteiger partial charge in [-0.3, -0.25) is 9.59 Å². The van der Waals surface area contributed by atoms with Crippen LogP contribution in [0.4, 0.5) is 9.59 Å². The molecule has 9 rings (SSSR count). The molecule has 0 unspecified atom stereocenters. The van der Waals surface area contributed by atoms with Crippen molar-refractivity contribution in [1.29, 1.82) is 0 Å². The summed E-state index contributed by atoms with van der Waals surface area (Å²) in [5, 5.41) is 5.38. The van der Waals surface area contributed by atoms with Crippen LogP contribution < -0.4 is 20.1 Å². The zero-order valence-electron chi connectivity index (χ0n) is 36.6. The Hall–Kier alpha value is -6.88. The first-order valence-electron chi connectivity index (χ1n) is 21.5. The molecule has 4 amide bonds. The Bertz CT molecular complexity index is 2540. The predicted molar refractivity (Wildman–Crippen MR) is 233 cm³/mol. The number of nitrogens with one attached hydrogen (secondary N) is 4. The van der Waals surface area contributed by atoms with Gasteiger partial charge in [0.25, 0.3) is 5.91 Å². The van der Waals surface area contributed by atoms with Gasteiger partial charge in [-0.2, -0.15) is 0 Å². The molecule has 0 spiro atoms. The van der Waals surface area contributed by atoms with Crippen molar-refractivity contribution in [3.05, 3.63) is 95.3 Å². The molecule has 0 aliphatic carbocycles. The van der Waals surface area contributed by atoms with Gasteiger partial charge in [0.05, 0.1) is 56.2 Å². The number of nitrogens with zero attached hydrogens (tertiary/aromatic N) is 4. The number of benzene rings is 3. The Morgan fingerprint density at radius 1 is 0.719 bits per heavy atom. The summed E-state index contributed by atoms with van der Waals surface area (Å²) in [7, 11) is 4.03. The zero-order chi connectivity index (χ0) is 44.8. The van der Waals surface area contributed by atoms with E-state index in [4.69, 9.17) is 33.7 Å². The fourth-order valence-electron chi connectivity index (χ4n) is 9.55. The summed E-state index contributed by atoms with van der Waals surface area (Å²) in [5.41, 5.74) is 7.88. The van der Waals surface area contributed by atoms with Gasteiger partial charge in [-0.1, -0.05) is 44.2 Å². The number of hydrogen-bond acceptors (Lipinski definition) is 11. The van der Waals surface area contributed by atoms with Crippen molar-refractivity contribution in [2.45, 2.75) is 77.1 Å². The van der Waals surface area contributed by atoms with E-state index in [1.807, 2.05) is 42.5 Å². The third kappa shape index (κ3) is 7.88. The first-order valence-corrected chi connectivity index (χ1v) is 21.5. The lowest BCUT2D eigenvalue weighted by Gasteiger charge is -2.30. The van der Waals surface area contributed by atoms with Crippen molar-refractivity contribution >= 4 is 24.0 Å². The van der Waals surface area contributed by atoms with Crippen LogP contribution in [0.5, 0.6) is 11.5 Å². The van der Waals surface area contributed by atoms with E-state index in [2.05, 4.69) is 46.6 Å². The third-order valence-electron chi connectivity index (χ3n) is 12.8. The van der Waals surface area contributed by atoms with Crippen LogP contribution >= 0.6 is 0 Å². The molecule has 6 heterocycles. The Kier molecular flexibility index (Phi) is 11.5. The standard InChI is InChI=1S/C47H52N8O9/c1-24-12-34(54(20-24)44(56)40(26(3)60-4)52-46(58)61-5)42-48-18-32(50-42)28-14-30-22-64-37-17-29(15-31-23-63-36(16-28)38(30)39(31)37)33-19-49-43(51-33)35-13-25(2)21-55(35)45(57)41(53-47(59)62-6)27-10-8-7-9-11-27/h7-11,14-19,24-26,34-35,40-41H,12-13,20-23H2,1-6H3,(H,48,50)(H,49,51)(H,52,58)(H,53,59)/t24-,25-,26+,34-,35-,40-,41+/m0/s1. The average molecular weight is 873 g/mol. The quantitative estimate of drug-likeness (QED) is 0.112. The average Bonchev–Trinajstić information content (AvgIpc) is 4.15. The van der Waals surface area contributed by atoms with Gasteiger partial charge in [-0.05, 0) is 61.4 Å². The number of alkyl carbamates (subject to hydrolysis) is 2. The molecule has 4 aliphatic heterocycles. The van der Waals surface area contributed by atoms with Crippen molar-refractivity contribution in [1.82, 2.24) is 40.4 Å². The van der Waals surface area contributed by atoms with Crippen LogP contribution in [0, 0.1) is 11.8 Å². The minimum Gasteiger partial charge on any atom is -0.488 e. The number of likely N-dealkylation sites (tertiary alicyclic amines) is 2. The molecule has 7 atom stereocenters. The summed E-state index contributed by atoms with van der Waals surface area (Å²) in [6.07, 6.45) is 2.98. The minimum atomic E-state index is -0.937. The van der Waals surface area contributed by atoms with Crippen LogP contribution in [-0.2, 0) is 37.0 Å². The Labute approximate surface area is 370 Å². The first-order chi connectivity index (χ1) is 30.9. The summed E-state index contributed by atoms with van der Waals surface area (Å²) in [6, 6.07) is 14.8. The SMILES string of the molecule is COC(=O)N[C@H](C(=O)N1C[C@@H](C)C[C@H]1c1ncc(-c2cc3c4c(c2)OCc2cc(-c5cnc([C@@H]6C[C@H](C)CN6C(=O)[C@H](NC(=O)OC)c6ccccc6)[nH]5)cc(c2-4)OC3)[nH]1)[C@@H](C)OC. The second-order valence-electron chi connectivity index (χ2n) is 17.2. The number of hydrogen-bond donors (Lipinski definition) is 4. The molecule has 5 aromatic rings. The Morgan fingerprint density at radius 3 is 1.72 bits per heavy atom. The molecule has 2 fully saturated rings. The number of ether oxygens (including phenoxy) is 5. The van der Waals surface area contributed by atoms with Gasteiger partial charge in [-0.15, -0.1) is 0 Å². The van der Waals surface area contributed by atoms with Crippen molar-refractivity contribution < 1.29 is 42.9 Å². The van der Waals surface area contributed by atoms with E-state index in [1.54, 1.807) is 29.1 Å². The molecule has 64 heavy (non-hydrogen) atoms. The molecular formula is C47H52N8O9. The number of imidazole rings is 2. The largest absolute Gasteiger partial charge is 0.488 e. The highest BCUT2D eigenvalue weighted by Crippen LogP contribution is 2.51. The van der Waals surface area contributed by atoms with Crippen molar-refractivity contribution in [3.63, 3.8) is 0 Å². The van der Waals surface area contributed by atoms with E-state index in [-0.39, 0.29) is 35.7 Å². The van der Waals surface area contributed by atoms with Gasteiger partial charge in [0.15, 0.2) is 0 Å². The Balaban J connectivity index is 0.953. The van der Waals surface area contributed by atoms with Crippen molar-refractivity contribution in [2.24, 2.45) is 11.8 Å². The van der Waals surface area contributed by atoms with Gasteiger partial charge in [0.2, 0.25) is 5.91 Å². The summed E-state index contributed by atoms with van der Waals surface area (Å²) >= 11 is 0. The molecule has 2 aromatic heterocycles. The van der Waals surface area contributed by atoms with E-state index in [0.717, 1.165) is 56.3 Å². The van der Waals surface area contributed by atoms with E-state index >= 15 is 0 Å². The normalized spacial score (nSPS) is 20.9. The number of carbonyl (C=O) groups is 4. The number of methoxy groups -OCH3 is 3. The first kappa shape index (κ1) is 42.4. The molecule has 4 N–H and O–H groups in total. The molecule has 4 aliphatic rings. The third-order valence-corrected chi connectivity index (χ3v) is 12.8. The van der Waals surface area contributed by atoms with Crippen molar-refractivity contribution in [2.75, 3.05) is 34.4 Å². The van der Waals surface area contributed by atoms with Crippen LogP contribution in [0.2, 0.25) is 0 Å². The smallest absolute Gasteiger partial charge is 0.407 e. The number of carbonyl (C=O) groups excluding carboxylic acids is 4. The second kappa shape index (κ2) is 17.4. The van der Waals surface area contributed by atoms with E-state index in [9.17, 15) is 19.2 Å². The molecule has 2 saturated heterocycles. The maximum atomic E-state index is 14.2. The molecule has 0 saturated carbocycles. The highest BCUT2D eigenvalue weighted by atomic mass is 16.5. The monoisotopic (exact) mass is 872 g/mol. The minimum absolute atomic E-state index is 0.205. The molecule has 17 heteroatoms. The lowest BCUT2D eigenvalue weighted by atomic mass is 9.87. The number of H-pyrrole nitrogens is 2. The number of aromatic nitrogens is 4. The Morgan fingerprint density at radius 2 is 1.22 bits per heavy atom. The maximum Gasteiger partial charge on any atom is 0.407 e. The highest BCUT2D eigenvalue weighted by molar-refractivity contribution is 5.90. The molecule has 0 bridgehead atoms. The van der Waals surface area contributed by atoms with Gasteiger partial charge < -0.3 is 54.1 Å². The summed E-state index contributed by atoms with van der Waals surface area (Å²) in [5.74, 6) is 2.69. The summed E-state index contributed by atoms with van der Waals surface area (Å²) < 4.78 is 28.1. The van der Waals surface area contributed by atoms with Crippen LogP contribution in [0.1, 0.15) is 80.1 Å². The van der Waals surface area contributed by atoms with Gasteiger partial charge in [-0.25, -0.2) is 19.6 Å². The fourth-order valence-corrected chi connectivity index (χ4v) is 9.55. The van der Waals surface area contributed by atoms with Crippen molar-refractivity contribution in [3.8, 4) is 45.1 Å². The number of amides is 4. The molecule has 334 valence electrons. The number of aromatic amines is 2. The number of rotatable bonds is 11. The van der Waals surface area contributed by atoms with E-state index in [1.165, 1.54) is 21.3 Å². The highest BCUT2D eigenvalue weighted by Gasteiger charge is 2.42. The van der Waals surface area contributed by atoms with Crippen LogP contribution in [0.25, 0.3) is 33.6 Å². The van der Waals surface area contributed by atoms with Crippen LogP contribution in [-0.4, -0.2) is 100 Å². The van der Waals surface area contributed by atoms with E-state index in [0.29, 0.717) is 56.4 Å². The van der Waals surface area contributed by atoms with Gasteiger partial charge in [0, 0.05) is 53.6 Å². The molecule has 3 aromatic carbocycles. The van der Waals surface area contributed by atoms with Crippen LogP contribution in [0.3, 0.4) is 0 Å². The molecule has 17 nitrogen and oxygen atoms in total. The van der Waals surface area contributed by atoms with E-state index < -0.39 is 30.4 Å².